The molecule has 5 rings (SSSR count). The fourth-order valence-electron chi connectivity index (χ4n) is 4.55. The van der Waals surface area contributed by atoms with E-state index in [2.05, 4.69) is 9.98 Å². The zero-order valence-electron chi connectivity index (χ0n) is 18.3. The Balaban J connectivity index is 1.35. The van der Waals surface area contributed by atoms with E-state index in [1.165, 1.54) is 17.4 Å². The Hall–Kier alpha value is -3.09. The SMILES string of the molecule is CN1CCOCC1C(=O)N1CCN(c2c(F)cncc2N2C(N)C=C3N=CC(F)=CN32)CC1. The van der Waals surface area contributed by atoms with Crippen LogP contribution in [0.4, 0.5) is 20.2 Å². The molecule has 2 N–H and O–H groups in total. The topological polar surface area (TPSA) is 93.8 Å². The minimum atomic E-state index is -0.675. The summed E-state index contributed by atoms with van der Waals surface area (Å²) in [6.45, 7) is 3.47. The van der Waals surface area contributed by atoms with E-state index in [0.717, 1.165) is 12.4 Å². The maximum atomic E-state index is 15.1. The Morgan fingerprint density at radius 1 is 1.18 bits per heavy atom. The highest BCUT2D eigenvalue weighted by atomic mass is 19.1. The first kappa shape index (κ1) is 21.7. The molecule has 2 unspecified atom stereocenters. The number of amides is 1. The van der Waals surface area contributed by atoms with E-state index in [0.29, 0.717) is 63.1 Å². The lowest BCUT2D eigenvalue weighted by molar-refractivity contribution is -0.142. The molecule has 0 spiro atoms. The number of hydrogen-bond donors (Lipinski definition) is 1. The van der Waals surface area contributed by atoms with Gasteiger partial charge >= 0.3 is 0 Å². The predicted octanol–water partition coefficient (Wildman–Crippen LogP) is 0.258. The summed E-state index contributed by atoms with van der Waals surface area (Å²) in [4.78, 5) is 26.7. The number of piperazine rings is 1. The van der Waals surface area contributed by atoms with Gasteiger partial charge in [-0.05, 0) is 13.1 Å². The molecule has 2 saturated heterocycles. The van der Waals surface area contributed by atoms with Crippen LogP contribution in [0.1, 0.15) is 0 Å². The molecule has 10 nitrogen and oxygen atoms in total. The van der Waals surface area contributed by atoms with Gasteiger partial charge in [-0.1, -0.05) is 0 Å². The maximum absolute atomic E-state index is 15.1. The van der Waals surface area contributed by atoms with Crippen molar-refractivity contribution in [3.63, 3.8) is 0 Å². The standard InChI is InChI=1S/C21H26F2N8O2/c1-27-6-7-33-13-17(27)21(32)29-4-2-28(3-5-29)20-15(23)10-25-11-16(20)31-18(24)8-19-26-9-14(22)12-30(19)31/h8-12,17-18H,2-7,13,24H2,1H3. The molecule has 4 aliphatic rings. The van der Waals surface area contributed by atoms with Crippen molar-refractivity contribution in [1.82, 2.24) is 19.8 Å². The van der Waals surface area contributed by atoms with Gasteiger partial charge in [0.25, 0.3) is 0 Å². The predicted molar refractivity (Wildman–Crippen MR) is 118 cm³/mol. The normalized spacial score (nSPS) is 25.8. The van der Waals surface area contributed by atoms with E-state index in [1.54, 1.807) is 16.0 Å². The van der Waals surface area contributed by atoms with Crippen LogP contribution in [0.25, 0.3) is 0 Å². The van der Waals surface area contributed by atoms with Crippen LogP contribution in [0.15, 0.2) is 41.3 Å². The summed E-state index contributed by atoms with van der Waals surface area (Å²) in [5.41, 5.74) is 6.97. The first-order valence-electron chi connectivity index (χ1n) is 10.9. The second-order valence-corrected chi connectivity index (χ2v) is 8.35. The van der Waals surface area contributed by atoms with E-state index in [-0.39, 0.29) is 11.9 Å². The Bertz CT molecular complexity index is 1020. The molecule has 0 aromatic carbocycles. The van der Waals surface area contributed by atoms with Crippen molar-refractivity contribution in [2.75, 3.05) is 62.9 Å². The average molecular weight is 460 g/mol. The van der Waals surface area contributed by atoms with Crippen LogP contribution in [0.5, 0.6) is 0 Å². The largest absolute Gasteiger partial charge is 0.378 e. The number of hydrogen-bond acceptors (Lipinski definition) is 9. The van der Waals surface area contributed by atoms with Crippen LogP contribution >= 0.6 is 0 Å². The summed E-state index contributed by atoms with van der Waals surface area (Å²) in [5.74, 6) is -0.581. The van der Waals surface area contributed by atoms with E-state index in [9.17, 15) is 9.18 Å². The number of nitrogens with zero attached hydrogens (tertiary/aromatic N) is 7. The van der Waals surface area contributed by atoms with Gasteiger partial charge in [-0.25, -0.2) is 18.8 Å². The maximum Gasteiger partial charge on any atom is 0.242 e. The van der Waals surface area contributed by atoms with E-state index in [1.807, 2.05) is 16.8 Å². The first-order valence-corrected chi connectivity index (χ1v) is 10.9. The minimum Gasteiger partial charge on any atom is -0.378 e. The number of allylic oxidation sites excluding steroid dienone is 1. The van der Waals surface area contributed by atoms with Crippen LogP contribution in [0, 0.1) is 5.82 Å². The van der Waals surface area contributed by atoms with Gasteiger partial charge in [-0.15, -0.1) is 0 Å². The summed E-state index contributed by atoms with van der Waals surface area (Å²) >= 11 is 0. The number of morpholine rings is 1. The Kier molecular flexibility index (Phi) is 5.72. The molecular weight excluding hydrogens is 434 g/mol. The zero-order chi connectivity index (χ0) is 23.1. The fourth-order valence-corrected chi connectivity index (χ4v) is 4.55. The molecule has 12 heteroatoms. The molecule has 0 aliphatic carbocycles. The van der Waals surface area contributed by atoms with Gasteiger partial charge in [0.1, 0.15) is 23.6 Å². The number of aromatic nitrogens is 1. The number of carbonyl (C=O) groups excluding carboxylic acids is 1. The van der Waals surface area contributed by atoms with Crippen LogP contribution < -0.4 is 15.6 Å². The van der Waals surface area contributed by atoms with Crippen molar-refractivity contribution >= 4 is 23.5 Å². The number of fused-ring (bicyclic) bond motifs is 1. The van der Waals surface area contributed by atoms with E-state index < -0.39 is 17.8 Å². The quantitative estimate of drug-likeness (QED) is 0.687. The summed E-state index contributed by atoms with van der Waals surface area (Å²) in [6, 6.07) is -0.299. The van der Waals surface area contributed by atoms with Crippen LogP contribution in [0.2, 0.25) is 0 Å². The molecule has 0 saturated carbocycles. The van der Waals surface area contributed by atoms with Crippen LogP contribution in [-0.2, 0) is 9.53 Å². The zero-order valence-corrected chi connectivity index (χ0v) is 18.3. The third-order valence-electron chi connectivity index (χ3n) is 6.32. The van der Waals surface area contributed by atoms with E-state index in [4.69, 9.17) is 10.5 Å². The van der Waals surface area contributed by atoms with Gasteiger partial charge in [0.15, 0.2) is 17.5 Å². The molecule has 1 amide bonds. The van der Waals surface area contributed by atoms with Crippen molar-refractivity contribution in [3.05, 3.63) is 42.1 Å². The smallest absolute Gasteiger partial charge is 0.242 e. The van der Waals surface area contributed by atoms with Gasteiger partial charge < -0.3 is 20.3 Å². The number of halogens is 2. The molecule has 1 aromatic heterocycles. The van der Waals surface area contributed by atoms with Crippen molar-refractivity contribution in [3.8, 4) is 0 Å². The third kappa shape index (κ3) is 3.94. The second kappa shape index (κ2) is 8.69. The molecule has 0 radical (unpaired) electrons. The number of carbonyl (C=O) groups is 1. The molecule has 33 heavy (non-hydrogen) atoms. The van der Waals surface area contributed by atoms with Crippen molar-refractivity contribution in [2.45, 2.75) is 12.2 Å². The number of aliphatic imine (C=N–C) groups is 1. The summed E-state index contributed by atoms with van der Waals surface area (Å²) in [6.07, 6.45) is 5.99. The lowest BCUT2D eigenvalue weighted by Gasteiger charge is -2.42. The number of likely N-dealkylation sites (N-methyl/N-ethyl adjacent to an activating group) is 1. The number of ether oxygens (including phenoxy) is 1. The first-order chi connectivity index (χ1) is 15.9. The Labute approximate surface area is 190 Å². The van der Waals surface area contributed by atoms with Crippen LogP contribution in [0.3, 0.4) is 0 Å². The highest BCUT2D eigenvalue weighted by molar-refractivity contribution is 5.83. The molecule has 1 aromatic rings. The molecule has 5 heterocycles. The molecular formula is C21H26F2N8O2. The molecule has 0 bridgehead atoms. The number of rotatable bonds is 3. The Morgan fingerprint density at radius 3 is 2.73 bits per heavy atom. The molecule has 2 fully saturated rings. The minimum absolute atomic E-state index is 0.0227. The van der Waals surface area contributed by atoms with Gasteiger partial charge in [-0.2, -0.15) is 0 Å². The van der Waals surface area contributed by atoms with Crippen molar-refractivity contribution in [2.24, 2.45) is 10.7 Å². The van der Waals surface area contributed by atoms with Gasteiger partial charge in [0.2, 0.25) is 5.91 Å². The fraction of sp³-hybridized carbons (Fsp3) is 0.476. The Morgan fingerprint density at radius 2 is 1.97 bits per heavy atom. The summed E-state index contributed by atoms with van der Waals surface area (Å²) in [7, 11) is 1.92. The lowest BCUT2D eigenvalue weighted by atomic mass is 10.1. The molecule has 4 aliphatic heterocycles. The van der Waals surface area contributed by atoms with Crippen molar-refractivity contribution in [1.29, 1.82) is 0 Å². The summed E-state index contributed by atoms with van der Waals surface area (Å²) in [5, 5.41) is 3.02. The van der Waals surface area contributed by atoms with Gasteiger partial charge in [0.05, 0.1) is 38.0 Å². The number of pyridine rings is 1. The van der Waals surface area contributed by atoms with Crippen LogP contribution in [-0.4, -0.2) is 97.1 Å². The number of anilines is 2. The molecule has 176 valence electrons. The highest BCUT2D eigenvalue weighted by Crippen LogP contribution is 2.38. The van der Waals surface area contributed by atoms with E-state index >= 15 is 4.39 Å². The molecule has 2 atom stereocenters. The van der Waals surface area contributed by atoms with Crippen molar-refractivity contribution < 1.29 is 18.3 Å². The second-order valence-electron chi connectivity index (χ2n) is 8.35. The van der Waals surface area contributed by atoms with Gasteiger partial charge in [-0.3, -0.25) is 19.7 Å². The van der Waals surface area contributed by atoms with Gasteiger partial charge in [0, 0.05) is 32.7 Å². The third-order valence-corrected chi connectivity index (χ3v) is 6.32. The number of hydrazine groups is 1. The monoisotopic (exact) mass is 460 g/mol. The number of nitrogens with two attached hydrogens (primary N) is 1. The average Bonchev–Trinajstić information content (AvgIpc) is 3.13. The lowest BCUT2D eigenvalue weighted by Crippen LogP contribution is -2.57. The summed E-state index contributed by atoms with van der Waals surface area (Å²) < 4.78 is 34.5. The highest BCUT2D eigenvalue weighted by Gasteiger charge is 2.37.